The molecule has 1 rings (SSSR count). The maximum Gasteiger partial charge on any atom is 0.241 e. The first-order valence-corrected chi connectivity index (χ1v) is 7.95. The smallest absolute Gasteiger partial charge is 0.241 e. The maximum atomic E-state index is 12.0. The standard InChI is InChI=1S/C17H28N2O3.ClH/c1-5-9-21-14-8-7-13(11-15(14)22-10-6-2)19-17(20)16(18)12(3)4;/h7-8,11-12,16H,5-6,9-10,18H2,1-4H3,(H,19,20);1H. The Morgan fingerprint density at radius 2 is 1.70 bits per heavy atom. The molecule has 0 aromatic heterocycles. The third kappa shape index (κ3) is 7.10. The first-order chi connectivity index (χ1) is 10.5. The number of nitrogens with two attached hydrogens (primary N) is 1. The molecule has 0 aliphatic carbocycles. The summed E-state index contributed by atoms with van der Waals surface area (Å²) in [5, 5.41) is 2.82. The molecule has 0 fully saturated rings. The fraction of sp³-hybridized carbons (Fsp3) is 0.588. The molecule has 3 N–H and O–H groups in total. The average molecular weight is 345 g/mol. The normalized spacial score (nSPS) is 11.6. The molecule has 0 bridgehead atoms. The van der Waals surface area contributed by atoms with Crippen LogP contribution in [-0.4, -0.2) is 25.2 Å². The number of nitrogens with one attached hydrogen (secondary N) is 1. The van der Waals surface area contributed by atoms with Gasteiger partial charge in [-0.05, 0) is 30.9 Å². The summed E-state index contributed by atoms with van der Waals surface area (Å²) in [6, 6.07) is 4.87. The van der Waals surface area contributed by atoms with Crippen LogP contribution < -0.4 is 20.5 Å². The van der Waals surface area contributed by atoms with Gasteiger partial charge in [0.25, 0.3) is 0 Å². The minimum Gasteiger partial charge on any atom is -0.490 e. The lowest BCUT2D eigenvalue weighted by Crippen LogP contribution is -2.39. The van der Waals surface area contributed by atoms with E-state index in [-0.39, 0.29) is 24.2 Å². The molecule has 1 aromatic rings. The average Bonchev–Trinajstić information content (AvgIpc) is 2.50. The molecule has 5 nitrogen and oxygen atoms in total. The number of benzene rings is 1. The largest absolute Gasteiger partial charge is 0.490 e. The maximum absolute atomic E-state index is 12.0. The third-order valence-electron chi connectivity index (χ3n) is 3.16. The summed E-state index contributed by atoms with van der Waals surface area (Å²) in [5.41, 5.74) is 6.52. The summed E-state index contributed by atoms with van der Waals surface area (Å²) in [4.78, 5) is 12.0. The molecule has 0 saturated heterocycles. The molecular weight excluding hydrogens is 316 g/mol. The Bertz CT molecular complexity index is 481. The molecule has 0 spiro atoms. The lowest BCUT2D eigenvalue weighted by atomic mass is 10.0. The summed E-state index contributed by atoms with van der Waals surface area (Å²) in [7, 11) is 0. The van der Waals surface area contributed by atoms with Crippen LogP contribution in [-0.2, 0) is 4.79 Å². The van der Waals surface area contributed by atoms with Crippen molar-refractivity contribution in [2.45, 2.75) is 46.6 Å². The summed E-state index contributed by atoms with van der Waals surface area (Å²) in [6.45, 7) is 9.16. The highest BCUT2D eigenvalue weighted by Gasteiger charge is 2.18. The van der Waals surface area contributed by atoms with Crippen LogP contribution in [0, 0.1) is 5.92 Å². The molecule has 1 amide bonds. The first-order valence-electron chi connectivity index (χ1n) is 7.95. The van der Waals surface area contributed by atoms with Gasteiger partial charge in [0, 0.05) is 11.8 Å². The Balaban J connectivity index is 0.00000484. The van der Waals surface area contributed by atoms with E-state index >= 15 is 0 Å². The summed E-state index contributed by atoms with van der Waals surface area (Å²) in [5.74, 6) is 1.23. The summed E-state index contributed by atoms with van der Waals surface area (Å²) >= 11 is 0. The van der Waals surface area contributed by atoms with Crippen LogP contribution in [0.25, 0.3) is 0 Å². The highest BCUT2D eigenvalue weighted by Crippen LogP contribution is 2.31. The van der Waals surface area contributed by atoms with Gasteiger partial charge < -0.3 is 20.5 Å². The Morgan fingerprint density at radius 1 is 1.13 bits per heavy atom. The van der Waals surface area contributed by atoms with Crippen LogP contribution in [0.2, 0.25) is 0 Å². The quantitative estimate of drug-likeness (QED) is 0.717. The van der Waals surface area contributed by atoms with E-state index in [2.05, 4.69) is 12.2 Å². The number of hydrogen-bond acceptors (Lipinski definition) is 4. The number of amides is 1. The van der Waals surface area contributed by atoms with Gasteiger partial charge in [-0.3, -0.25) is 4.79 Å². The molecule has 0 aliphatic heterocycles. The van der Waals surface area contributed by atoms with E-state index in [4.69, 9.17) is 15.2 Å². The zero-order valence-electron chi connectivity index (χ0n) is 14.4. The van der Waals surface area contributed by atoms with Crippen LogP contribution in [0.15, 0.2) is 18.2 Å². The van der Waals surface area contributed by atoms with Crippen molar-refractivity contribution in [1.29, 1.82) is 0 Å². The zero-order chi connectivity index (χ0) is 16.5. The van der Waals surface area contributed by atoms with Gasteiger partial charge in [0.2, 0.25) is 5.91 Å². The molecule has 23 heavy (non-hydrogen) atoms. The van der Waals surface area contributed by atoms with Crippen molar-refractivity contribution in [3.8, 4) is 11.5 Å². The molecule has 6 heteroatoms. The van der Waals surface area contributed by atoms with Gasteiger partial charge in [-0.25, -0.2) is 0 Å². The van der Waals surface area contributed by atoms with Gasteiger partial charge in [0.1, 0.15) is 0 Å². The van der Waals surface area contributed by atoms with E-state index < -0.39 is 6.04 Å². The van der Waals surface area contributed by atoms with Gasteiger partial charge in [0.15, 0.2) is 11.5 Å². The number of hydrogen-bond donors (Lipinski definition) is 2. The third-order valence-corrected chi connectivity index (χ3v) is 3.16. The van der Waals surface area contributed by atoms with Gasteiger partial charge in [0.05, 0.1) is 19.3 Å². The van der Waals surface area contributed by atoms with Crippen molar-refractivity contribution in [2.75, 3.05) is 18.5 Å². The Kier molecular flexibility index (Phi) is 10.4. The number of ether oxygens (including phenoxy) is 2. The second-order valence-corrected chi connectivity index (χ2v) is 5.62. The van der Waals surface area contributed by atoms with Crippen LogP contribution in [0.4, 0.5) is 5.69 Å². The highest BCUT2D eigenvalue weighted by molar-refractivity contribution is 5.95. The Hall–Kier alpha value is -1.46. The molecule has 1 unspecified atom stereocenters. The van der Waals surface area contributed by atoms with E-state index in [0.29, 0.717) is 30.4 Å². The van der Waals surface area contributed by atoms with Crippen molar-refractivity contribution in [2.24, 2.45) is 11.7 Å². The van der Waals surface area contributed by atoms with Gasteiger partial charge in [-0.1, -0.05) is 27.7 Å². The molecule has 0 saturated carbocycles. The van der Waals surface area contributed by atoms with E-state index in [1.54, 1.807) is 12.1 Å². The predicted octanol–water partition coefficient (Wildman–Crippen LogP) is 3.61. The minimum atomic E-state index is -0.531. The van der Waals surface area contributed by atoms with E-state index in [9.17, 15) is 4.79 Å². The monoisotopic (exact) mass is 344 g/mol. The van der Waals surface area contributed by atoms with E-state index in [1.807, 2.05) is 26.8 Å². The molecule has 1 atom stereocenters. The lowest BCUT2D eigenvalue weighted by Gasteiger charge is -2.17. The molecule has 0 heterocycles. The SMILES string of the molecule is CCCOc1ccc(NC(=O)C(N)C(C)C)cc1OCCC.Cl. The molecule has 1 aromatic carbocycles. The van der Waals surface area contributed by atoms with Gasteiger partial charge >= 0.3 is 0 Å². The highest BCUT2D eigenvalue weighted by atomic mass is 35.5. The fourth-order valence-electron chi connectivity index (χ4n) is 1.77. The Labute approximate surface area is 145 Å². The second kappa shape index (κ2) is 11.1. The Morgan fingerprint density at radius 3 is 2.22 bits per heavy atom. The first kappa shape index (κ1) is 21.5. The van der Waals surface area contributed by atoms with Gasteiger partial charge in [-0.15, -0.1) is 12.4 Å². The number of halogens is 1. The molecular formula is C17H29ClN2O3. The van der Waals surface area contributed by atoms with Crippen LogP contribution >= 0.6 is 12.4 Å². The second-order valence-electron chi connectivity index (χ2n) is 5.62. The summed E-state index contributed by atoms with van der Waals surface area (Å²) in [6.07, 6.45) is 1.83. The number of anilines is 1. The van der Waals surface area contributed by atoms with Crippen LogP contribution in [0.5, 0.6) is 11.5 Å². The van der Waals surface area contributed by atoms with Crippen LogP contribution in [0.1, 0.15) is 40.5 Å². The number of carbonyl (C=O) groups excluding carboxylic acids is 1. The van der Waals surface area contributed by atoms with Crippen LogP contribution in [0.3, 0.4) is 0 Å². The fourth-order valence-corrected chi connectivity index (χ4v) is 1.77. The number of carbonyl (C=O) groups is 1. The number of rotatable bonds is 9. The minimum absolute atomic E-state index is 0. The predicted molar refractivity (Wildman–Crippen MR) is 96.7 cm³/mol. The molecule has 132 valence electrons. The molecule has 0 radical (unpaired) electrons. The van der Waals surface area contributed by atoms with Crippen molar-refractivity contribution in [1.82, 2.24) is 0 Å². The van der Waals surface area contributed by atoms with Crippen molar-refractivity contribution in [3.05, 3.63) is 18.2 Å². The van der Waals surface area contributed by atoms with Crippen molar-refractivity contribution < 1.29 is 14.3 Å². The van der Waals surface area contributed by atoms with Crippen molar-refractivity contribution in [3.63, 3.8) is 0 Å². The lowest BCUT2D eigenvalue weighted by molar-refractivity contribution is -0.118. The molecule has 0 aliphatic rings. The summed E-state index contributed by atoms with van der Waals surface area (Å²) < 4.78 is 11.4. The van der Waals surface area contributed by atoms with E-state index in [0.717, 1.165) is 12.8 Å². The topological polar surface area (TPSA) is 73.6 Å². The van der Waals surface area contributed by atoms with Gasteiger partial charge in [-0.2, -0.15) is 0 Å². The van der Waals surface area contributed by atoms with E-state index in [1.165, 1.54) is 0 Å². The van der Waals surface area contributed by atoms with Crippen molar-refractivity contribution >= 4 is 24.0 Å². The zero-order valence-corrected chi connectivity index (χ0v) is 15.2.